The van der Waals surface area contributed by atoms with Gasteiger partial charge in [-0.1, -0.05) is 6.92 Å². The van der Waals surface area contributed by atoms with Gasteiger partial charge >= 0.3 is 5.97 Å². The predicted molar refractivity (Wildman–Crippen MR) is 75.7 cm³/mol. The first kappa shape index (κ1) is 15.1. The van der Waals surface area contributed by atoms with Crippen molar-refractivity contribution in [2.75, 3.05) is 18.8 Å². The Bertz CT molecular complexity index is 629. The molecule has 1 aliphatic heterocycles. The van der Waals surface area contributed by atoms with Gasteiger partial charge in [-0.25, -0.2) is 13.2 Å². The van der Waals surface area contributed by atoms with Gasteiger partial charge in [0.05, 0.1) is 4.90 Å². The number of benzene rings is 1. The van der Waals surface area contributed by atoms with Gasteiger partial charge in [-0.3, -0.25) is 0 Å². The molecule has 110 valence electrons. The van der Waals surface area contributed by atoms with E-state index in [1.165, 1.54) is 10.4 Å². The minimum Gasteiger partial charge on any atom is -0.507 e. The van der Waals surface area contributed by atoms with Crippen LogP contribution in [0, 0.1) is 0 Å². The summed E-state index contributed by atoms with van der Waals surface area (Å²) in [5.41, 5.74) is -0.412. The average molecular weight is 317 g/mol. The molecular formula is C12H15NO5S2. The maximum Gasteiger partial charge on any atom is 0.339 e. The molecule has 2 rings (SSSR count). The van der Waals surface area contributed by atoms with Crippen molar-refractivity contribution in [1.82, 2.24) is 4.31 Å². The van der Waals surface area contributed by atoms with Crippen molar-refractivity contribution in [3.8, 4) is 5.75 Å². The highest BCUT2D eigenvalue weighted by molar-refractivity contribution is 8.00. The van der Waals surface area contributed by atoms with Gasteiger partial charge in [0.1, 0.15) is 11.3 Å². The second-order valence-corrected chi connectivity index (χ2v) is 8.01. The zero-order chi connectivity index (χ0) is 14.9. The van der Waals surface area contributed by atoms with Crippen LogP contribution in [-0.4, -0.2) is 53.0 Å². The van der Waals surface area contributed by atoms with Gasteiger partial charge in [-0.05, 0) is 18.2 Å². The Kier molecular flexibility index (Phi) is 4.26. The molecule has 1 fully saturated rings. The second kappa shape index (κ2) is 5.63. The standard InChI is InChI=1S/C12H15NO5S2/c1-8-7-13(4-5-19-8)20(17,18)9-2-3-11(14)10(6-9)12(15)16/h2-3,6,8,14H,4-5,7H2,1H3,(H,15,16). The number of hydrogen-bond donors (Lipinski definition) is 2. The van der Waals surface area contributed by atoms with E-state index in [1.54, 1.807) is 11.8 Å². The summed E-state index contributed by atoms with van der Waals surface area (Å²) < 4.78 is 26.3. The molecule has 0 aromatic heterocycles. The van der Waals surface area contributed by atoms with Gasteiger partial charge in [0, 0.05) is 24.1 Å². The summed E-state index contributed by atoms with van der Waals surface area (Å²) in [4.78, 5) is 10.9. The largest absolute Gasteiger partial charge is 0.507 e. The highest BCUT2D eigenvalue weighted by atomic mass is 32.2. The Labute approximate surface area is 121 Å². The van der Waals surface area contributed by atoms with E-state index in [1.807, 2.05) is 6.92 Å². The lowest BCUT2D eigenvalue weighted by Gasteiger charge is -2.29. The fraction of sp³-hybridized carbons (Fsp3) is 0.417. The molecule has 0 bridgehead atoms. The molecule has 1 aliphatic rings. The van der Waals surface area contributed by atoms with Crippen LogP contribution in [0.1, 0.15) is 17.3 Å². The Morgan fingerprint density at radius 3 is 2.75 bits per heavy atom. The highest BCUT2D eigenvalue weighted by Crippen LogP contribution is 2.27. The summed E-state index contributed by atoms with van der Waals surface area (Å²) >= 11 is 1.70. The second-order valence-electron chi connectivity index (χ2n) is 4.53. The van der Waals surface area contributed by atoms with Crippen LogP contribution in [0.25, 0.3) is 0 Å². The third kappa shape index (κ3) is 2.92. The number of carboxylic acid groups (broad SMARTS) is 1. The van der Waals surface area contributed by atoms with Crippen molar-refractivity contribution in [1.29, 1.82) is 0 Å². The van der Waals surface area contributed by atoms with Gasteiger partial charge in [-0.15, -0.1) is 0 Å². The van der Waals surface area contributed by atoms with Crippen LogP contribution in [-0.2, 0) is 10.0 Å². The zero-order valence-corrected chi connectivity index (χ0v) is 12.4. The number of phenols is 1. The van der Waals surface area contributed by atoms with Crippen molar-refractivity contribution < 1.29 is 23.4 Å². The Morgan fingerprint density at radius 1 is 1.45 bits per heavy atom. The first-order chi connectivity index (χ1) is 9.32. The van der Waals surface area contributed by atoms with E-state index in [9.17, 15) is 18.3 Å². The van der Waals surface area contributed by atoms with Crippen molar-refractivity contribution in [2.24, 2.45) is 0 Å². The van der Waals surface area contributed by atoms with Crippen LogP contribution >= 0.6 is 11.8 Å². The lowest BCUT2D eigenvalue weighted by molar-refractivity contribution is 0.0693. The lowest BCUT2D eigenvalue weighted by Crippen LogP contribution is -2.40. The molecule has 1 atom stereocenters. The normalized spacial score (nSPS) is 20.8. The van der Waals surface area contributed by atoms with Crippen molar-refractivity contribution >= 4 is 27.8 Å². The van der Waals surface area contributed by atoms with E-state index >= 15 is 0 Å². The van der Waals surface area contributed by atoms with E-state index in [4.69, 9.17) is 5.11 Å². The number of carbonyl (C=O) groups is 1. The number of nitrogens with zero attached hydrogens (tertiary/aromatic N) is 1. The van der Waals surface area contributed by atoms with Gasteiger partial charge < -0.3 is 10.2 Å². The molecule has 1 aromatic carbocycles. The highest BCUT2D eigenvalue weighted by Gasteiger charge is 2.29. The molecule has 8 heteroatoms. The number of thioether (sulfide) groups is 1. The van der Waals surface area contributed by atoms with Crippen molar-refractivity contribution in [3.05, 3.63) is 23.8 Å². The quantitative estimate of drug-likeness (QED) is 0.870. The van der Waals surface area contributed by atoms with Crippen LogP contribution in [0.15, 0.2) is 23.1 Å². The summed E-state index contributed by atoms with van der Waals surface area (Å²) in [7, 11) is -3.72. The van der Waals surface area contributed by atoms with E-state index in [-0.39, 0.29) is 10.1 Å². The molecule has 0 saturated carbocycles. The number of aromatic hydroxyl groups is 1. The van der Waals surface area contributed by atoms with Gasteiger partial charge in [0.2, 0.25) is 10.0 Å². The summed E-state index contributed by atoms with van der Waals surface area (Å²) in [5, 5.41) is 18.6. The average Bonchev–Trinajstić information content (AvgIpc) is 2.38. The number of sulfonamides is 1. The minimum atomic E-state index is -3.72. The molecular weight excluding hydrogens is 302 g/mol. The lowest BCUT2D eigenvalue weighted by atomic mass is 10.2. The zero-order valence-electron chi connectivity index (χ0n) is 10.8. The molecule has 1 saturated heterocycles. The number of rotatable bonds is 3. The molecule has 1 heterocycles. The fourth-order valence-corrected chi connectivity index (χ4v) is 4.78. The molecule has 20 heavy (non-hydrogen) atoms. The van der Waals surface area contributed by atoms with E-state index < -0.39 is 27.3 Å². The number of aromatic carboxylic acids is 1. The number of hydrogen-bond acceptors (Lipinski definition) is 5. The maximum atomic E-state index is 12.5. The van der Waals surface area contributed by atoms with Gasteiger partial charge in [0.25, 0.3) is 0 Å². The third-order valence-corrected chi connectivity index (χ3v) is 6.04. The van der Waals surface area contributed by atoms with Crippen LogP contribution in [0.4, 0.5) is 0 Å². The van der Waals surface area contributed by atoms with E-state index in [2.05, 4.69) is 0 Å². The Hall–Kier alpha value is -1.25. The smallest absolute Gasteiger partial charge is 0.339 e. The van der Waals surface area contributed by atoms with Crippen LogP contribution in [0.2, 0.25) is 0 Å². The summed E-state index contributed by atoms with van der Waals surface area (Å²) in [6, 6.07) is 3.32. The van der Waals surface area contributed by atoms with E-state index in [0.717, 1.165) is 12.1 Å². The summed E-state index contributed by atoms with van der Waals surface area (Å²) in [6.45, 7) is 2.75. The molecule has 1 aromatic rings. The molecule has 6 nitrogen and oxygen atoms in total. The SMILES string of the molecule is CC1CN(S(=O)(=O)c2ccc(O)c(C(=O)O)c2)CCS1. The van der Waals surface area contributed by atoms with E-state index in [0.29, 0.717) is 18.8 Å². The third-order valence-electron chi connectivity index (χ3n) is 3.04. The van der Waals surface area contributed by atoms with Crippen molar-refractivity contribution in [2.45, 2.75) is 17.1 Å². The Balaban J connectivity index is 2.39. The predicted octanol–water partition coefficient (Wildman–Crippen LogP) is 1.22. The fourth-order valence-electron chi connectivity index (χ4n) is 2.00. The summed E-state index contributed by atoms with van der Waals surface area (Å²) in [5.74, 6) is -1.09. The molecule has 0 amide bonds. The first-order valence-corrected chi connectivity index (χ1v) is 8.49. The van der Waals surface area contributed by atoms with Crippen LogP contribution in [0.5, 0.6) is 5.75 Å². The molecule has 2 N–H and O–H groups in total. The van der Waals surface area contributed by atoms with Crippen LogP contribution < -0.4 is 0 Å². The monoisotopic (exact) mass is 317 g/mol. The molecule has 0 radical (unpaired) electrons. The molecule has 0 aliphatic carbocycles. The molecule has 0 spiro atoms. The first-order valence-electron chi connectivity index (χ1n) is 6.00. The number of carboxylic acids is 1. The van der Waals surface area contributed by atoms with Crippen molar-refractivity contribution in [3.63, 3.8) is 0 Å². The minimum absolute atomic E-state index is 0.105. The van der Waals surface area contributed by atoms with Gasteiger partial charge in [-0.2, -0.15) is 16.1 Å². The Morgan fingerprint density at radius 2 is 2.15 bits per heavy atom. The maximum absolute atomic E-state index is 12.5. The summed E-state index contributed by atoms with van der Waals surface area (Å²) in [6.07, 6.45) is 0. The molecule has 1 unspecified atom stereocenters. The van der Waals surface area contributed by atoms with Gasteiger partial charge in [0.15, 0.2) is 0 Å². The van der Waals surface area contributed by atoms with Crippen LogP contribution in [0.3, 0.4) is 0 Å². The topological polar surface area (TPSA) is 94.9 Å².